The molecule has 0 radical (unpaired) electrons. The maximum atomic E-state index is 14.2. The van der Waals surface area contributed by atoms with Crippen molar-refractivity contribution in [3.8, 4) is 6.07 Å². The average molecular weight is 405 g/mol. The zero-order valence-electron chi connectivity index (χ0n) is 11.4. The van der Waals surface area contributed by atoms with E-state index < -0.39 is 17.2 Å². The number of carbonyl (C=O) groups excluding carboxylic acids is 1. The van der Waals surface area contributed by atoms with Crippen molar-refractivity contribution >= 4 is 37.6 Å². The van der Waals surface area contributed by atoms with Gasteiger partial charge in [-0.05, 0) is 54.2 Å². The SMILES string of the molecule is CC(C)(C#N)CCC(C(=O)CBr)c1cccc(Br)c1F. The van der Waals surface area contributed by atoms with Crippen LogP contribution in [0.5, 0.6) is 0 Å². The molecule has 0 aliphatic heterocycles. The molecule has 0 spiro atoms. The number of Topliss-reactive ketones (excluding diaryl/α,β-unsaturated/α-hetero) is 1. The lowest BCUT2D eigenvalue weighted by Gasteiger charge is -2.21. The highest BCUT2D eigenvalue weighted by molar-refractivity contribution is 9.10. The highest BCUT2D eigenvalue weighted by Crippen LogP contribution is 2.33. The highest BCUT2D eigenvalue weighted by atomic mass is 79.9. The van der Waals surface area contributed by atoms with E-state index in [4.69, 9.17) is 5.26 Å². The largest absolute Gasteiger partial charge is 0.298 e. The Labute approximate surface area is 135 Å². The molecule has 5 heteroatoms. The number of hydrogen-bond donors (Lipinski definition) is 0. The van der Waals surface area contributed by atoms with Gasteiger partial charge in [-0.25, -0.2) is 4.39 Å². The van der Waals surface area contributed by atoms with Gasteiger partial charge in [0.25, 0.3) is 0 Å². The molecule has 0 saturated carbocycles. The van der Waals surface area contributed by atoms with E-state index in [1.165, 1.54) is 0 Å². The van der Waals surface area contributed by atoms with Crippen molar-refractivity contribution in [2.45, 2.75) is 32.6 Å². The molecule has 0 aliphatic carbocycles. The molecule has 2 nitrogen and oxygen atoms in total. The van der Waals surface area contributed by atoms with E-state index in [0.29, 0.717) is 22.9 Å². The van der Waals surface area contributed by atoms with Crippen LogP contribution in [0.1, 0.15) is 38.2 Å². The van der Waals surface area contributed by atoms with Gasteiger partial charge in [-0.2, -0.15) is 5.26 Å². The van der Waals surface area contributed by atoms with Gasteiger partial charge in [0.15, 0.2) is 5.78 Å². The number of nitriles is 1. The number of alkyl halides is 1. The van der Waals surface area contributed by atoms with Crippen LogP contribution in [-0.2, 0) is 4.79 Å². The van der Waals surface area contributed by atoms with Gasteiger partial charge in [0.1, 0.15) is 5.82 Å². The predicted octanol–water partition coefficient (Wildman–Crippen LogP) is 4.97. The Morgan fingerprint density at radius 2 is 2.15 bits per heavy atom. The van der Waals surface area contributed by atoms with Gasteiger partial charge in [0, 0.05) is 5.92 Å². The smallest absolute Gasteiger partial charge is 0.150 e. The summed E-state index contributed by atoms with van der Waals surface area (Å²) in [5.74, 6) is -1.00. The van der Waals surface area contributed by atoms with E-state index in [9.17, 15) is 9.18 Å². The van der Waals surface area contributed by atoms with Crippen LogP contribution >= 0.6 is 31.9 Å². The average Bonchev–Trinajstić information content (AvgIpc) is 2.43. The van der Waals surface area contributed by atoms with Gasteiger partial charge < -0.3 is 0 Å². The van der Waals surface area contributed by atoms with Crippen LogP contribution in [0, 0.1) is 22.6 Å². The Hall–Kier alpha value is -0.730. The predicted molar refractivity (Wildman–Crippen MR) is 84.3 cm³/mol. The van der Waals surface area contributed by atoms with Crippen molar-refractivity contribution in [3.05, 3.63) is 34.1 Å². The summed E-state index contributed by atoms with van der Waals surface area (Å²) in [6.45, 7) is 3.64. The Bertz CT molecular complexity index is 537. The highest BCUT2D eigenvalue weighted by Gasteiger charge is 2.27. The molecule has 0 bridgehead atoms. The number of halogens is 3. The van der Waals surface area contributed by atoms with Crippen LogP contribution in [0.15, 0.2) is 22.7 Å². The van der Waals surface area contributed by atoms with Crippen molar-refractivity contribution in [1.29, 1.82) is 5.26 Å². The molecular formula is C15H16Br2FNO. The summed E-state index contributed by atoms with van der Waals surface area (Å²) >= 11 is 6.28. The second kappa shape index (κ2) is 7.33. The molecule has 0 fully saturated rings. The third-order valence-electron chi connectivity index (χ3n) is 3.24. The second-order valence-electron chi connectivity index (χ2n) is 5.33. The number of rotatable bonds is 6. The van der Waals surface area contributed by atoms with E-state index in [0.717, 1.165) is 0 Å². The van der Waals surface area contributed by atoms with Crippen LogP contribution in [0.25, 0.3) is 0 Å². The molecule has 1 atom stereocenters. The first-order valence-corrected chi connectivity index (χ1v) is 8.17. The first kappa shape index (κ1) is 17.3. The molecule has 1 aromatic carbocycles. The van der Waals surface area contributed by atoms with Crippen molar-refractivity contribution in [2.24, 2.45) is 5.41 Å². The maximum absolute atomic E-state index is 14.2. The fraction of sp³-hybridized carbons (Fsp3) is 0.467. The molecule has 0 aliphatic rings. The number of nitrogens with zero attached hydrogens (tertiary/aromatic N) is 1. The Morgan fingerprint density at radius 3 is 2.70 bits per heavy atom. The van der Waals surface area contributed by atoms with Crippen molar-refractivity contribution < 1.29 is 9.18 Å². The van der Waals surface area contributed by atoms with Crippen molar-refractivity contribution in [3.63, 3.8) is 0 Å². The summed E-state index contributed by atoms with van der Waals surface area (Å²) in [5.41, 5.74) is -0.134. The molecule has 0 N–H and O–H groups in total. The number of hydrogen-bond acceptors (Lipinski definition) is 2. The molecular weight excluding hydrogens is 389 g/mol. The van der Waals surface area contributed by atoms with E-state index in [1.54, 1.807) is 18.2 Å². The first-order chi connectivity index (χ1) is 9.32. The Kier molecular flexibility index (Phi) is 6.35. The molecule has 0 amide bonds. The van der Waals surface area contributed by atoms with Gasteiger partial charge in [-0.15, -0.1) is 0 Å². The molecule has 0 aromatic heterocycles. The van der Waals surface area contributed by atoms with Crippen LogP contribution < -0.4 is 0 Å². The molecule has 1 rings (SSSR count). The zero-order valence-corrected chi connectivity index (χ0v) is 14.6. The van der Waals surface area contributed by atoms with Gasteiger partial charge in [-0.1, -0.05) is 28.1 Å². The molecule has 108 valence electrons. The van der Waals surface area contributed by atoms with Crippen LogP contribution in [-0.4, -0.2) is 11.1 Å². The minimum absolute atomic E-state index is 0.0734. The fourth-order valence-electron chi connectivity index (χ4n) is 1.93. The number of carbonyl (C=O) groups is 1. The lowest BCUT2D eigenvalue weighted by Crippen LogP contribution is -2.18. The lowest BCUT2D eigenvalue weighted by atomic mass is 9.82. The van der Waals surface area contributed by atoms with Gasteiger partial charge in [0.05, 0.1) is 21.3 Å². The maximum Gasteiger partial charge on any atom is 0.150 e. The minimum Gasteiger partial charge on any atom is -0.298 e. The number of benzene rings is 1. The zero-order chi connectivity index (χ0) is 15.3. The van der Waals surface area contributed by atoms with Gasteiger partial charge in [0.2, 0.25) is 0 Å². The summed E-state index contributed by atoms with van der Waals surface area (Å²) in [7, 11) is 0. The molecule has 1 unspecified atom stereocenters. The van der Waals surface area contributed by atoms with Gasteiger partial charge in [-0.3, -0.25) is 4.79 Å². The molecule has 0 heterocycles. The molecule has 20 heavy (non-hydrogen) atoms. The lowest BCUT2D eigenvalue weighted by molar-refractivity contribution is -0.118. The summed E-state index contributed by atoms with van der Waals surface area (Å²) in [6, 6.07) is 7.15. The summed E-state index contributed by atoms with van der Waals surface area (Å²) in [6.07, 6.45) is 0.997. The van der Waals surface area contributed by atoms with E-state index in [1.807, 2.05) is 13.8 Å². The topological polar surface area (TPSA) is 40.9 Å². The molecule has 1 aromatic rings. The van der Waals surface area contributed by atoms with E-state index in [-0.39, 0.29) is 11.1 Å². The second-order valence-corrected chi connectivity index (χ2v) is 6.75. The Balaban J connectivity index is 3.05. The summed E-state index contributed by atoms with van der Waals surface area (Å²) in [5, 5.41) is 9.22. The van der Waals surface area contributed by atoms with Crippen molar-refractivity contribution in [2.75, 3.05) is 5.33 Å². The standard InChI is InChI=1S/C15H16Br2FNO/c1-15(2,9-19)7-6-10(13(20)8-16)11-4-3-5-12(17)14(11)18/h3-5,10H,6-8H2,1-2H3. The monoisotopic (exact) mass is 403 g/mol. The van der Waals surface area contributed by atoms with E-state index >= 15 is 0 Å². The molecule has 0 saturated heterocycles. The Morgan fingerprint density at radius 1 is 1.50 bits per heavy atom. The quantitative estimate of drug-likeness (QED) is 0.628. The fourth-order valence-corrected chi connectivity index (χ4v) is 2.71. The number of ketones is 1. The van der Waals surface area contributed by atoms with Crippen LogP contribution in [0.4, 0.5) is 4.39 Å². The van der Waals surface area contributed by atoms with Crippen LogP contribution in [0.2, 0.25) is 0 Å². The van der Waals surface area contributed by atoms with Gasteiger partial charge >= 0.3 is 0 Å². The summed E-state index contributed by atoms with van der Waals surface area (Å²) < 4.78 is 14.5. The third-order valence-corrected chi connectivity index (χ3v) is 4.40. The summed E-state index contributed by atoms with van der Waals surface area (Å²) in [4.78, 5) is 12.1. The normalized spacial score (nSPS) is 12.8. The van der Waals surface area contributed by atoms with Crippen molar-refractivity contribution in [1.82, 2.24) is 0 Å². The van der Waals surface area contributed by atoms with Crippen LogP contribution in [0.3, 0.4) is 0 Å². The van der Waals surface area contributed by atoms with E-state index in [2.05, 4.69) is 37.9 Å². The first-order valence-electron chi connectivity index (χ1n) is 6.26. The minimum atomic E-state index is -0.528. The third kappa shape index (κ3) is 4.39.